The lowest BCUT2D eigenvalue weighted by Gasteiger charge is -2.12. The first-order chi connectivity index (χ1) is 15.0. The van der Waals surface area contributed by atoms with Crippen LogP contribution in [0, 0.1) is 10.1 Å². The van der Waals surface area contributed by atoms with Gasteiger partial charge in [0, 0.05) is 24.0 Å². The summed E-state index contributed by atoms with van der Waals surface area (Å²) in [5.41, 5.74) is 2.04. The standard InChI is InChI=1S/C23H21N3O5/c1-2-30-22-14-17(15-24-18-9-11-20(12-10-18)26(28)29)8-13-21(22)31-16-23(27)25-19-6-4-3-5-7-19/h3-15H,2,16H2,1H3,(H,25,27). The van der Waals surface area contributed by atoms with Crippen molar-refractivity contribution < 1.29 is 19.2 Å². The molecule has 0 bridgehead atoms. The number of carbonyl (C=O) groups excluding carboxylic acids is 1. The molecular formula is C23H21N3O5. The lowest BCUT2D eigenvalue weighted by Crippen LogP contribution is -2.20. The molecule has 0 spiro atoms. The molecule has 0 saturated heterocycles. The van der Waals surface area contributed by atoms with Gasteiger partial charge in [0.15, 0.2) is 18.1 Å². The Bertz CT molecular complexity index is 1070. The molecule has 1 amide bonds. The Labute approximate surface area is 179 Å². The Morgan fingerprint density at radius 3 is 2.45 bits per heavy atom. The summed E-state index contributed by atoms with van der Waals surface area (Å²) in [5, 5.41) is 13.5. The van der Waals surface area contributed by atoms with E-state index in [0.29, 0.717) is 29.5 Å². The molecule has 1 N–H and O–H groups in total. The Morgan fingerprint density at radius 2 is 1.77 bits per heavy atom. The zero-order chi connectivity index (χ0) is 22.1. The average Bonchev–Trinajstić information content (AvgIpc) is 2.78. The van der Waals surface area contributed by atoms with E-state index >= 15 is 0 Å². The molecule has 0 aliphatic rings. The Hall–Kier alpha value is -4.20. The minimum Gasteiger partial charge on any atom is -0.490 e. The number of hydrogen-bond acceptors (Lipinski definition) is 6. The summed E-state index contributed by atoms with van der Waals surface area (Å²) in [6, 6.07) is 20.3. The number of nitro benzene ring substituents is 1. The normalized spacial score (nSPS) is 10.6. The smallest absolute Gasteiger partial charge is 0.269 e. The van der Waals surface area contributed by atoms with E-state index in [1.807, 2.05) is 25.1 Å². The van der Waals surface area contributed by atoms with Crippen LogP contribution in [0.15, 0.2) is 77.8 Å². The molecule has 3 aromatic carbocycles. The number of rotatable bonds is 9. The van der Waals surface area contributed by atoms with Gasteiger partial charge in [0.25, 0.3) is 11.6 Å². The minimum atomic E-state index is -0.458. The van der Waals surface area contributed by atoms with Gasteiger partial charge in [0.2, 0.25) is 0 Å². The maximum absolute atomic E-state index is 12.1. The molecule has 158 valence electrons. The summed E-state index contributed by atoms with van der Waals surface area (Å²) in [5.74, 6) is 0.651. The van der Waals surface area contributed by atoms with Crippen LogP contribution >= 0.6 is 0 Å². The Morgan fingerprint density at radius 1 is 1.03 bits per heavy atom. The third-order valence-corrected chi connectivity index (χ3v) is 4.11. The zero-order valence-corrected chi connectivity index (χ0v) is 16.9. The quantitative estimate of drug-likeness (QED) is 0.306. The van der Waals surface area contributed by atoms with Crippen LogP contribution in [-0.4, -0.2) is 30.3 Å². The minimum absolute atomic E-state index is 0.00962. The van der Waals surface area contributed by atoms with Crippen LogP contribution in [0.5, 0.6) is 11.5 Å². The van der Waals surface area contributed by atoms with Crippen LogP contribution in [0.25, 0.3) is 0 Å². The van der Waals surface area contributed by atoms with E-state index in [9.17, 15) is 14.9 Å². The van der Waals surface area contributed by atoms with Crippen molar-refractivity contribution in [2.45, 2.75) is 6.92 Å². The second-order valence-electron chi connectivity index (χ2n) is 6.37. The maximum Gasteiger partial charge on any atom is 0.269 e. The number of non-ortho nitro benzene ring substituents is 1. The molecule has 0 aliphatic carbocycles. The van der Waals surface area contributed by atoms with Crippen LogP contribution in [0.2, 0.25) is 0 Å². The fourth-order valence-corrected chi connectivity index (χ4v) is 2.66. The number of nitro groups is 1. The molecule has 0 aromatic heterocycles. The number of nitrogens with one attached hydrogen (secondary N) is 1. The van der Waals surface area contributed by atoms with Crippen molar-refractivity contribution in [2.75, 3.05) is 18.5 Å². The van der Waals surface area contributed by atoms with Crippen LogP contribution < -0.4 is 14.8 Å². The molecule has 0 heterocycles. The second-order valence-corrected chi connectivity index (χ2v) is 6.37. The number of nitrogens with zero attached hydrogens (tertiary/aromatic N) is 2. The number of carbonyl (C=O) groups is 1. The lowest BCUT2D eigenvalue weighted by molar-refractivity contribution is -0.384. The van der Waals surface area contributed by atoms with Gasteiger partial charge in [-0.1, -0.05) is 18.2 Å². The second kappa shape index (κ2) is 10.5. The predicted octanol–water partition coefficient (Wildman–Crippen LogP) is 4.76. The van der Waals surface area contributed by atoms with E-state index in [1.165, 1.54) is 12.1 Å². The first-order valence-corrected chi connectivity index (χ1v) is 9.58. The van der Waals surface area contributed by atoms with E-state index in [-0.39, 0.29) is 18.2 Å². The van der Waals surface area contributed by atoms with Crippen molar-refractivity contribution in [3.8, 4) is 11.5 Å². The highest BCUT2D eigenvalue weighted by molar-refractivity contribution is 5.91. The summed E-state index contributed by atoms with van der Waals surface area (Å²) in [4.78, 5) is 26.7. The third-order valence-electron chi connectivity index (χ3n) is 4.11. The highest BCUT2D eigenvalue weighted by Crippen LogP contribution is 2.28. The first kappa shape index (κ1) is 21.5. The molecule has 0 fully saturated rings. The number of hydrogen-bond donors (Lipinski definition) is 1. The number of ether oxygens (including phenoxy) is 2. The van der Waals surface area contributed by atoms with Crippen molar-refractivity contribution in [2.24, 2.45) is 4.99 Å². The maximum atomic E-state index is 12.1. The van der Waals surface area contributed by atoms with Crippen molar-refractivity contribution in [1.82, 2.24) is 0 Å². The van der Waals surface area contributed by atoms with E-state index in [0.717, 1.165) is 5.56 Å². The molecule has 8 nitrogen and oxygen atoms in total. The van der Waals surface area contributed by atoms with Gasteiger partial charge in [-0.2, -0.15) is 0 Å². The summed E-state index contributed by atoms with van der Waals surface area (Å²) in [6.45, 7) is 2.12. The average molecular weight is 419 g/mol. The number of benzene rings is 3. The SMILES string of the molecule is CCOc1cc(C=Nc2ccc([N+](=O)[O-])cc2)ccc1OCC(=O)Nc1ccccc1. The number of para-hydroxylation sites is 1. The van der Waals surface area contributed by atoms with E-state index in [1.54, 1.807) is 48.7 Å². The molecule has 3 aromatic rings. The van der Waals surface area contributed by atoms with E-state index < -0.39 is 4.92 Å². The number of amides is 1. The van der Waals surface area contributed by atoms with Gasteiger partial charge >= 0.3 is 0 Å². The summed E-state index contributed by atoms with van der Waals surface area (Å²) in [6.07, 6.45) is 1.62. The third kappa shape index (κ3) is 6.40. The fraction of sp³-hybridized carbons (Fsp3) is 0.130. The molecule has 31 heavy (non-hydrogen) atoms. The van der Waals surface area contributed by atoms with Crippen LogP contribution in [0.4, 0.5) is 17.1 Å². The largest absolute Gasteiger partial charge is 0.490 e. The molecule has 0 aliphatic heterocycles. The Balaban J connectivity index is 1.65. The van der Waals surface area contributed by atoms with Crippen molar-refractivity contribution in [3.05, 3.63) is 88.5 Å². The molecule has 8 heteroatoms. The van der Waals surface area contributed by atoms with Crippen molar-refractivity contribution in [1.29, 1.82) is 0 Å². The van der Waals surface area contributed by atoms with Crippen molar-refractivity contribution >= 4 is 29.2 Å². The van der Waals surface area contributed by atoms with Gasteiger partial charge in [-0.25, -0.2) is 0 Å². The van der Waals surface area contributed by atoms with Crippen molar-refractivity contribution in [3.63, 3.8) is 0 Å². The molecule has 0 radical (unpaired) electrons. The van der Waals surface area contributed by atoms with Crippen LogP contribution in [-0.2, 0) is 4.79 Å². The topological polar surface area (TPSA) is 103 Å². The summed E-state index contributed by atoms with van der Waals surface area (Å²) >= 11 is 0. The summed E-state index contributed by atoms with van der Waals surface area (Å²) < 4.78 is 11.3. The molecule has 3 rings (SSSR count). The highest BCUT2D eigenvalue weighted by atomic mass is 16.6. The van der Waals surface area contributed by atoms with Gasteiger partial charge in [-0.05, 0) is 55.0 Å². The van der Waals surface area contributed by atoms with Gasteiger partial charge in [0.05, 0.1) is 17.2 Å². The summed E-state index contributed by atoms with van der Waals surface area (Å²) in [7, 11) is 0. The molecule has 0 unspecified atom stereocenters. The van der Waals surface area contributed by atoms with Gasteiger partial charge < -0.3 is 14.8 Å². The lowest BCUT2D eigenvalue weighted by atomic mass is 10.2. The monoisotopic (exact) mass is 419 g/mol. The fourth-order valence-electron chi connectivity index (χ4n) is 2.66. The molecular weight excluding hydrogens is 398 g/mol. The number of anilines is 1. The zero-order valence-electron chi connectivity index (χ0n) is 16.9. The van der Waals surface area contributed by atoms with Crippen LogP contribution in [0.3, 0.4) is 0 Å². The predicted molar refractivity (Wildman–Crippen MR) is 119 cm³/mol. The Kier molecular flexibility index (Phi) is 7.31. The van der Waals surface area contributed by atoms with Gasteiger partial charge in [0.1, 0.15) is 0 Å². The van der Waals surface area contributed by atoms with E-state index in [4.69, 9.17) is 9.47 Å². The number of aliphatic imine (C=N–C) groups is 1. The van der Waals surface area contributed by atoms with Gasteiger partial charge in [-0.15, -0.1) is 0 Å². The van der Waals surface area contributed by atoms with E-state index in [2.05, 4.69) is 10.3 Å². The highest BCUT2D eigenvalue weighted by Gasteiger charge is 2.09. The van der Waals surface area contributed by atoms with Gasteiger partial charge in [-0.3, -0.25) is 19.9 Å². The molecule has 0 saturated carbocycles. The van der Waals surface area contributed by atoms with Crippen LogP contribution in [0.1, 0.15) is 12.5 Å². The first-order valence-electron chi connectivity index (χ1n) is 9.58. The molecule has 0 atom stereocenters.